The Hall–Kier alpha value is -0.0400. The van der Waals surface area contributed by atoms with Gasteiger partial charge in [-0.15, -0.1) is 11.8 Å². The molecular formula is C11H16BrNO2S2. The lowest BCUT2D eigenvalue weighted by Crippen LogP contribution is -2.04. The van der Waals surface area contributed by atoms with E-state index in [1.54, 1.807) is 6.07 Å². The molecule has 0 saturated heterocycles. The van der Waals surface area contributed by atoms with Crippen LogP contribution in [0.1, 0.15) is 12.0 Å². The van der Waals surface area contributed by atoms with Gasteiger partial charge in [0.05, 0.1) is 4.90 Å². The van der Waals surface area contributed by atoms with E-state index in [-0.39, 0.29) is 0 Å². The second kappa shape index (κ2) is 6.22. The van der Waals surface area contributed by atoms with E-state index in [2.05, 4.69) is 15.9 Å². The highest BCUT2D eigenvalue weighted by Crippen LogP contribution is 2.34. The van der Waals surface area contributed by atoms with E-state index in [0.717, 1.165) is 27.8 Å². The number of thioether (sulfide) groups is 1. The molecule has 0 spiro atoms. The molecular weight excluding hydrogens is 322 g/mol. The number of rotatable bonds is 5. The molecule has 0 radical (unpaired) electrons. The first-order valence-electron chi connectivity index (χ1n) is 5.16. The first kappa shape index (κ1) is 15.0. The lowest BCUT2D eigenvalue weighted by Gasteiger charge is -2.11. The van der Waals surface area contributed by atoms with Crippen LogP contribution < -0.4 is 5.73 Å². The molecule has 0 bridgehead atoms. The number of benzene rings is 1. The van der Waals surface area contributed by atoms with Crippen LogP contribution in [0.3, 0.4) is 0 Å². The second-order valence-electron chi connectivity index (χ2n) is 3.77. The van der Waals surface area contributed by atoms with E-state index >= 15 is 0 Å². The molecule has 0 unspecified atom stereocenters. The van der Waals surface area contributed by atoms with Gasteiger partial charge in [0.15, 0.2) is 9.84 Å². The maximum Gasteiger partial charge on any atom is 0.176 e. The molecule has 6 heteroatoms. The first-order chi connectivity index (χ1) is 7.90. The van der Waals surface area contributed by atoms with Crippen molar-refractivity contribution in [2.75, 3.05) is 19.1 Å². The molecule has 3 nitrogen and oxygen atoms in total. The van der Waals surface area contributed by atoms with Crippen LogP contribution in [-0.2, 0) is 16.3 Å². The Morgan fingerprint density at radius 2 is 2.06 bits per heavy atom. The van der Waals surface area contributed by atoms with Crippen molar-refractivity contribution in [3.8, 4) is 0 Å². The molecule has 0 heterocycles. The Labute approximate surface area is 115 Å². The SMILES string of the molecule is CSc1c(Br)cc(CCCN)cc1S(C)(=O)=O. The highest BCUT2D eigenvalue weighted by molar-refractivity contribution is 9.10. The second-order valence-corrected chi connectivity index (χ2v) is 7.43. The van der Waals surface area contributed by atoms with E-state index in [0.29, 0.717) is 11.4 Å². The van der Waals surface area contributed by atoms with Gasteiger partial charge >= 0.3 is 0 Å². The molecule has 96 valence electrons. The summed E-state index contributed by atoms with van der Waals surface area (Å²) in [5.74, 6) is 0. The molecule has 0 aliphatic carbocycles. The Kier molecular flexibility index (Phi) is 5.50. The van der Waals surface area contributed by atoms with Crippen molar-refractivity contribution in [2.45, 2.75) is 22.6 Å². The van der Waals surface area contributed by atoms with E-state index in [9.17, 15) is 8.42 Å². The van der Waals surface area contributed by atoms with Crippen molar-refractivity contribution < 1.29 is 8.42 Å². The highest BCUT2D eigenvalue weighted by Gasteiger charge is 2.16. The van der Waals surface area contributed by atoms with Crippen LogP contribution in [-0.4, -0.2) is 27.5 Å². The van der Waals surface area contributed by atoms with E-state index in [1.807, 2.05) is 12.3 Å². The first-order valence-corrected chi connectivity index (χ1v) is 9.07. The Morgan fingerprint density at radius 3 is 2.53 bits per heavy atom. The van der Waals surface area contributed by atoms with Gasteiger partial charge in [0.1, 0.15) is 0 Å². The van der Waals surface area contributed by atoms with Crippen LogP contribution in [0.5, 0.6) is 0 Å². The van der Waals surface area contributed by atoms with Crippen LogP contribution in [0.15, 0.2) is 26.4 Å². The molecule has 1 rings (SSSR count). The predicted octanol–water partition coefficient (Wildman–Crippen LogP) is 2.47. The molecule has 17 heavy (non-hydrogen) atoms. The molecule has 1 aromatic carbocycles. The summed E-state index contributed by atoms with van der Waals surface area (Å²) >= 11 is 4.86. The summed E-state index contributed by atoms with van der Waals surface area (Å²) < 4.78 is 24.3. The Morgan fingerprint density at radius 1 is 1.41 bits per heavy atom. The Balaban J connectivity index is 3.29. The minimum Gasteiger partial charge on any atom is -0.330 e. The van der Waals surface area contributed by atoms with Gasteiger partial charge < -0.3 is 5.73 Å². The van der Waals surface area contributed by atoms with Crippen LogP contribution in [0.2, 0.25) is 0 Å². The van der Waals surface area contributed by atoms with Crippen molar-refractivity contribution >= 4 is 37.5 Å². The smallest absolute Gasteiger partial charge is 0.176 e. The van der Waals surface area contributed by atoms with Gasteiger partial charge in [-0.3, -0.25) is 0 Å². The van der Waals surface area contributed by atoms with Gasteiger partial charge in [-0.25, -0.2) is 8.42 Å². The molecule has 0 atom stereocenters. The Bertz CT molecular complexity index is 500. The minimum atomic E-state index is -3.20. The van der Waals surface area contributed by atoms with Gasteiger partial charge in [0.2, 0.25) is 0 Å². The standard InChI is InChI=1S/C11H16BrNO2S2/c1-16-11-9(12)6-8(4-3-5-13)7-10(11)17(2,14)15/h6-7H,3-5,13H2,1-2H3. The molecule has 0 fully saturated rings. The summed E-state index contributed by atoms with van der Waals surface area (Å²) in [4.78, 5) is 1.16. The average molecular weight is 338 g/mol. The quantitative estimate of drug-likeness (QED) is 0.838. The maximum absolute atomic E-state index is 11.7. The fourth-order valence-corrected chi connectivity index (χ4v) is 4.70. The maximum atomic E-state index is 11.7. The van der Waals surface area contributed by atoms with Gasteiger partial charge in [-0.2, -0.15) is 0 Å². The van der Waals surface area contributed by atoms with Crippen molar-refractivity contribution in [1.29, 1.82) is 0 Å². The van der Waals surface area contributed by atoms with Crippen molar-refractivity contribution in [3.63, 3.8) is 0 Å². The van der Waals surface area contributed by atoms with Crippen molar-refractivity contribution in [2.24, 2.45) is 5.73 Å². The molecule has 1 aromatic rings. The predicted molar refractivity (Wildman–Crippen MR) is 76.4 cm³/mol. The normalized spacial score (nSPS) is 11.8. The summed E-state index contributed by atoms with van der Waals surface area (Å²) in [6, 6.07) is 3.72. The number of sulfone groups is 1. The zero-order chi connectivity index (χ0) is 13.1. The number of halogens is 1. The summed E-state index contributed by atoms with van der Waals surface area (Å²) in [6.07, 6.45) is 4.76. The van der Waals surface area contributed by atoms with E-state index in [4.69, 9.17) is 5.73 Å². The molecule has 0 amide bonds. The molecule has 0 aromatic heterocycles. The number of hydrogen-bond acceptors (Lipinski definition) is 4. The fourth-order valence-electron chi connectivity index (χ4n) is 1.55. The summed E-state index contributed by atoms with van der Waals surface area (Å²) in [7, 11) is -3.20. The lowest BCUT2D eigenvalue weighted by molar-refractivity contribution is 0.599. The zero-order valence-electron chi connectivity index (χ0n) is 9.86. The third-order valence-electron chi connectivity index (χ3n) is 2.34. The largest absolute Gasteiger partial charge is 0.330 e. The summed E-state index contributed by atoms with van der Waals surface area (Å²) in [5, 5.41) is 0. The monoisotopic (exact) mass is 337 g/mol. The van der Waals surface area contributed by atoms with E-state index in [1.165, 1.54) is 18.0 Å². The van der Waals surface area contributed by atoms with Crippen LogP contribution in [0, 0.1) is 0 Å². The summed E-state index contributed by atoms with van der Waals surface area (Å²) in [6.45, 7) is 0.607. The van der Waals surface area contributed by atoms with Gasteiger partial charge in [0, 0.05) is 15.6 Å². The van der Waals surface area contributed by atoms with Crippen molar-refractivity contribution in [1.82, 2.24) is 0 Å². The minimum absolute atomic E-state index is 0.395. The van der Waals surface area contributed by atoms with Crippen LogP contribution in [0.25, 0.3) is 0 Å². The average Bonchev–Trinajstić information content (AvgIpc) is 2.24. The lowest BCUT2D eigenvalue weighted by atomic mass is 10.1. The van der Waals surface area contributed by atoms with Gasteiger partial charge in [-0.1, -0.05) is 0 Å². The number of hydrogen-bond donors (Lipinski definition) is 1. The van der Waals surface area contributed by atoms with Crippen LogP contribution in [0.4, 0.5) is 0 Å². The zero-order valence-corrected chi connectivity index (χ0v) is 13.1. The van der Waals surface area contributed by atoms with Gasteiger partial charge in [0.25, 0.3) is 0 Å². The topological polar surface area (TPSA) is 60.2 Å². The molecule has 0 aliphatic rings. The molecule has 0 saturated carbocycles. The fraction of sp³-hybridized carbons (Fsp3) is 0.455. The van der Waals surface area contributed by atoms with Gasteiger partial charge in [-0.05, 0) is 59.3 Å². The van der Waals surface area contributed by atoms with E-state index < -0.39 is 9.84 Å². The molecule has 0 aliphatic heterocycles. The number of nitrogens with two attached hydrogens (primary N) is 1. The van der Waals surface area contributed by atoms with Crippen molar-refractivity contribution in [3.05, 3.63) is 22.2 Å². The number of aryl methyl sites for hydroxylation is 1. The third-order valence-corrected chi connectivity index (χ3v) is 5.33. The molecule has 2 N–H and O–H groups in total. The highest BCUT2D eigenvalue weighted by atomic mass is 79.9. The third kappa shape index (κ3) is 3.98. The van der Waals surface area contributed by atoms with Crippen LogP contribution >= 0.6 is 27.7 Å². The summed E-state index contributed by atoms with van der Waals surface area (Å²) in [5.41, 5.74) is 6.46.